The number of ether oxygens (including phenoxy) is 3. The second kappa shape index (κ2) is 26.3. The number of carbonyl (C=O) groups excluding carboxylic acids is 2. The number of nitrogens with zero attached hydrogens (tertiary/aromatic N) is 2. The van der Waals surface area contributed by atoms with Crippen LogP contribution in [0.15, 0.2) is 97.1 Å². The highest BCUT2D eigenvalue weighted by Crippen LogP contribution is 2.18. The number of carbonyl (C=O) groups is 2. The third kappa shape index (κ3) is 23.0. The highest BCUT2D eigenvalue weighted by Gasteiger charge is 2.08. The number of rotatable bonds is 9. The van der Waals surface area contributed by atoms with Crippen LogP contribution in [-0.4, -0.2) is 51.6 Å². The molecule has 228 valence electrons. The molecule has 14 nitrogen and oxygen atoms in total. The van der Waals surface area contributed by atoms with Crippen molar-refractivity contribution in [2.24, 2.45) is 5.73 Å². The Morgan fingerprint density at radius 1 is 0.810 bits per heavy atom. The average molecular weight is 610 g/mol. The van der Waals surface area contributed by atoms with Crippen molar-refractivity contribution in [3.63, 3.8) is 0 Å². The normalized spacial score (nSPS) is 10.1. The maximum atomic E-state index is 11.2. The molecule has 0 amide bonds. The Morgan fingerprint density at radius 2 is 1.21 bits per heavy atom. The van der Waals surface area contributed by atoms with Gasteiger partial charge in [-0.2, -0.15) is 0 Å². The van der Waals surface area contributed by atoms with Gasteiger partial charge in [-0.1, -0.05) is 42.5 Å². The van der Waals surface area contributed by atoms with Crippen LogP contribution in [0.5, 0.6) is 11.5 Å². The number of hydrogen-bond acceptors (Lipinski definition) is 12. The van der Waals surface area contributed by atoms with E-state index in [9.17, 15) is 29.8 Å². The summed E-state index contributed by atoms with van der Waals surface area (Å²) >= 11 is 4.92. The van der Waals surface area contributed by atoms with Crippen molar-refractivity contribution in [3.05, 3.63) is 117 Å². The molecule has 15 heteroatoms. The Kier molecular flexibility index (Phi) is 24.6. The number of benzene rings is 2. The molecule has 4 N–H and O–H groups in total. The molecule has 2 rings (SSSR count). The Labute approximate surface area is 246 Å². The second-order valence-corrected chi connectivity index (χ2v) is 7.09. The van der Waals surface area contributed by atoms with Gasteiger partial charge in [0, 0.05) is 35.9 Å². The topological polar surface area (TPSA) is 215 Å². The summed E-state index contributed by atoms with van der Waals surface area (Å²) in [5, 5.41) is 36.1. The first-order chi connectivity index (χ1) is 20.1. The first-order valence-corrected chi connectivity index (χ1v) is 12.1. The van der Waals surface area contributed by atoms with Crippen molar-refractivity contribution >= 4 is 34.6 Å². The molecule has 0 aliphatic rings. The van der Waals surface area contributed by atoms with Crippen molar-refractivity contribution in [1.29, 1.82) is 0 Å². The van der Waals surface area contributed by atoms with Gasteiger partial charge < -0.3 is 30.2 Å². The van der Waals surface area contributed by atoms with Gasteiger partial charge >= 0.3 is 11.6 Å². The van der Waals surface area contributed by atoms with E-state index in [4.69, 9.17) is 31.3 Å². The molecule has 2 aromatic rings. The van der Waals surface area contributed by atoms with E-state index in [1.54, 1.807) is 30.4 Å². The number of aliphatic hydroxyl groups excluding tert-OH is 2. The first kappa shape index (κ1) is 39.3. The number of non-ortho nitro benzene ring substituents is 2. The fourth-order valence-electron chi connectivity index (χ4n) is 2.10. The summed E-state index contributed by atoms with van der Waals surface area (Å²) < 4.78 is 14.0. The summed E-state index contributed by atoms with van der Waals surface area (Å²) in [6, 6.07) is 10.2. The smallest absolute Gasteiger partial charge is 0.430 e. The molecule has 0 saturated heterocycles. The number of nitro groups is 2. The van der Waals surface area contributed by atoms with Gasteiger partial charge in [-0.3, -0.25) is 20.2 Å². The van der Waals surface area contributed by atoms with Crippen molar-refractivity contribution in [3.8, 4) is 11.5 Å². The minimum atomic E-state index is -0.978. The van der Waals surface area contributed by atoms with E-state index in [0.29, 0.717) is 0 Å². The lowest BCUT2D eigenvalue weighted by Crippen LogP contribution is -2.10. The van der Waals surface area contributed by atoms with Gasteiger partial charge in [-0.05, 0) is 44.2 Å². The largest absolute Gasteiger partial charge is 0.514 e. The molecule has 0 aliphatic carbocycles. The maximum absolute atomic E-state index is 11.2. The van der Waals surface area contributed by atoms with E-state index in [2.05, 4.69) is 10.5 Å². The lowest BCUT2D eigenvalue weighted by molar-refractivity contribution is -0.385. The monoisotopic (exact) mass is 609 g/mol. The molecule has 0 saturated carbocycles. The van der Waals surface area contributed by atoms with Crippen LogP contribution in [0.25, 0.3) is 0 Å². The number of halogens is 1. The van der Waals surface area contributed by atoms with Crippen LogP contribution in [-0.2, 0) is 4.74 Å². The first-order valence-electron chi connectivity index (χ1n) is 11.7. The standard InChI is InChI=1S/C13H13NO5.C7H4ClNO4.C6H10O.CH5NO/c1-2-3-4-5-10-18-13(15)19-12-8-6-11(7-9-12)14(16)17;8-7(10)13-6-3-1-5(2-4-6)9(11)12;1-2-3-4-5-6-7;2-1-3/h2-9H,10H2,1H3;1-4H;2-5,7H,6H2,1H3;3H,1-2H2/b3-2+,5-4+;;3-2+,5-4+;. The highest BCUT2D eigenvalue weighted by atomic mass is 35.5. The van der Waals surface area contributed by atoms with Crippen molar-refractivity contribution in [1.82, 2.24) is 0 Å². The van der Waals surface area contributed by atoms with Crippen molar-refractivity contribution in [2.45, 2.75) is 13.8 Å². The summed E-state index contributed by atoms with van der Waals surface area (Å²) in [6.45, 7) is 3.77. The Hall–Kier alpha value is -4.89. The van der Waals surface area contributed by atoms with Gasteiger partial charge in [0.05, 0.1) is 23.2 Å². The zero-order chi connectivity index (χ0) is 32.2. The third-order valence-electron chi connectivity index (χ3n) is 3.78. The number of nitrogens with two attached hydrogens (primary N) is 1. The summed E-state index contributed by atoms with van der Waals surface area (Å²) in [6.07, 6.45) is 13.4. The second-order valence-electron chi connectivity index (χ2n) is 6.78. The number of aliphatic hydroxyl groups is 2. The third-order valence-corrected chi connectivity index (χ3v) is 3.85. The minimum absolute atomic E-state index is 0.0741. The zero-order valence-corrected chi connectivity index (χ0v) is 23.5. The van der Waals surface area contributed by atoms with Crippen LogP contribution in [0.2, 0.25) is 0 Å². The zero-order valence-electron chi connectivity index (χ0n) is 22.8. The quantitative estimate of drug-likeness (QED) is 0.0604. The average Bonchev–Trinajstić information content (AvgIpc) is 2.95. The molecule has 0 unspecified atom stereocenters. The molecule has 0 fully saturated rings. The molecule has 42 heavy (non-hydrogen) atoms. The highest BCUT2D eigenvalue weighted by molar-refractivity contribution is 6.61. The molecule has 0 radical (unpaired) electrons. The minimum Gasteiger partial charge on any atom is -0.430 e. The summed E-state index contributed by atoms with van der Waals surface area (Å²) in [4.78, 5) is 41.0. The van der Waals surface area contributed by atoms with Crippen LogP contribution >= 0.6 is 11.6 Å². The van der Waals surface area contributed by atoms with Gasteiger partial charge in [-0.25, -0.2) is 9.59 Å². The van der Waals surface area contributed by atoms with Crippen LogP contribution < -0.4 is 15.2 Å². The predicted molar refractivity (Wildman–Crippen MR) is 156 cm³/mol. The molecule has 0 spiro atoms. The van der Waals surface area contributed by atoms with Gasteiger partial charge in [0.1, 0.15) is 18.1 Å². The summed E-state index contributed by atoms with van der Waals surface area (Å²) in [7, 11) is 0. The van der Waals surface area contributed by atoms with E-state index >= 15 is 0 Å². The predicted octanol–water partition coefficient (Wildman–Crippen LogP) is 5.58. The molecule has 0 bridgehead atoms. The van der Waals surface area contributed by atoms with E-state index in [-0.39, 0.29) is 42.8 Å². The lowest BCUT2D eigenvalue weighted by atomic mass is 10.3. The SMILES string of the molecule is C/C=C/C=C/CO.C/C=C/C=C/COC(=O)Oc1ccc([N+](=O)[O-])cc1.NCO.O=C(Cl)Oc1ccc([N+](=O)[O-])cc1. The number of nitro benzene ring substituents is 2. The van der Waals surface area contributed by atoms with Crippen LogP contribution in [0.4, 0.5) is 21.0 Å². The van der Waals surface area contributed by atoms with Crippen molar-refractivity contribution in [2.75, 3.05) is 19.9 Å². The Morgan fingerprint density at radius 3 is 1.57 bits per heavy atom. The number of hydrogen-bond donors (Lipinski definition) is 3. The summed E-state index contributed by atoms with van der Waals surface area (Å²) in [5.74, 6) is 0.360. The van der Waals surface area contributed by atoms with E-state index in [1.807, 2.05) is 32.1 Å². The lowest BCUT2D eigenvalue weighted by Gasteiger charge is -2.03. The van der Waals surface area contributed by atoms with E-state index in [1.165, 1.54) is 48.5 Å². The molecule has 0 aliphatic heterocycles. The van der Waals surface area contributed by atoms with E-state index in [0.717, 1.165) is 0 Å². The van der Waals surface area contributed by atoms with Gasteiger partial charge in [0.25, 0.3) is 11.4 Å². The van der Waals surface area contributed by atoms with Crippen LogP contribution in [0.3, 0.4) is 0 Å². The number of allylic oxidation sites excluding steroid dienone is 6. The molecular formula is C27H32ClN3O11. The van der Waals surface area contributed by atoms with Crippen molar-refractivity contribution < 1.29 is 43.9 Å². The molecular weight excluding hydrogens is 578 g/mol. The molecule has 2 aromatic carbocycles. The van der Waals surface area contributed by atoms with Gasteiger partial charge in [-0.15, -0.1) is 0 Å². The van der Waals surface area contributed by atoms with Crippen LogP contribution in [0.1, 0.15) is 13.8 Å². The maximum Gasteiger partial charge on any atom is 0.514 e. The molecule has 0 heterocycles. The molecule has 0 atom stereocenters. The summed E-state index contributed by atoms with van der Waals surface area (Å²) in [5.41, 5.74) is 3.28. The van der Waals surface area contributed by atoms with Gasteiger partial charge in [0.2, 0.25) is 0 Å². The van der Waals surface area contributed by atoms with Gasteiger partial charge in [0.15, 0.2) is 0 Å². The fraction of sp³-hybridized carbons (Fsp3) is 0.185. The fourth-order valence-corrected chi connectivity index (χ4v) is 2.19. The van der Waals surface area contributed by atoms with Crippen LogP contribution in [0, 0.1) is 20.2 Å². The Bertz CT molecular complexity index is 1180. The molecule has 0 aromatic heterocycles. The van der Waals surface area contributed by atoms with E-state index < -0.39 is 21.4 Å². The Balaban J connectivity index is 0.